The van der Waals surface area contributed by atoms with Crippen LogP contribution in [0.25, 0.3) is 78.5 Å². The van der Waals surface area contributed by atoms with Gasteiger partial charge in [0.1, 0.15) is 34.0 Å². The number of amides is 2. The highest BCUT2D eigenvalue weighted by Gasteiger charge is 2.35. The number of hydrogen-bond acceptors (Lipinski definition) is 24. The fourth-order valence-corrected chi connectivity index (χ4v) is 12.0. The maximum absolute atomic E-state index is 12.9. The summed E-state index contributed by atoms with van der Waals surface area (Å²) < 4.78 is 94.2. The molecule has 100 heavy (non-hydrogen) atoms. The molecule has 2 aromatic carbocycles. The quantitative estimate of drug-likeness (QED) is 0.114. The lowest BCUT2D eigenvalue weighted by Crippen LogP contribution is -2.54. The molecule has 4 atom stereocenters. The van der Waals surface area contributed by atoms with E-state index in [9.17, 15) is 18.0 Å². The first kappa shape index (κ1) is 76.0. The van der Waals surface area contributed by atoms with Gasteiger partial charge < -0.3 is 58.0 Å². The summed E-state index contributed by atoms with van der Waals surface area (Å²) in [5.41, 5.74) is 17.9. The molecule has 2 amide bonds. The van der Waals surface area contributed by atoms with Crippen LogP contribution >= 0.6 is 0 Å². The Balaban J connectivity index is 0.000000201. The van der Waals surface area contributed by atoms with Crippen LogP contribution in [0.4, 0.5) is 15.5 Å². The van der Waals surface area contributed by atoms with Gasteiger partial charge in [0.05, 0.1) is 63.5 Å². The lowest BCUT2D eigenvalue weighted by atomic mass is 10.0. The number of benzene rings is 2. The van der Waals surface area contributed by atoms with E-state index >= 15 is 0 Å². The molecular weight excluding hydrogens is 1350 g/mol. The molecule has 0 spiro atoms. The Kier molecular flexibility index (Phi) is 25.0. The minimum Gasteiger partial charge on any atom is -0.444 e. The minimum atomic E-state index is -3.56. The van der Waals surface area contributed by atoms with Gasteiger partial charge in [-0.2, -0.15) is 16.8 Å². The summed E-state index contributed by atoms with van der Waals surface area (Å²) in [6.45, 7) is 24.7. The molecule has 2 fully saturated rings. The van der Waals surface area contributed by atoms with Gasteiger partial charge in [-0.25, -0.2) is 47.9 Å². The predicted molar refractivity (Wildman–Crippen MR) is 376 cm³/mol. The van der Waals surface area contributed by atoms with E-state index in [0.717, 1.165) is 108 Å². The van der Waals surface area contributed by atoms with Crippen molar-refractivity contribution in [2.24, 2.45) is 5.73 Å². The van der Waals surface area contributed by atoms with Gasteiger partial charge in [-0.15, -0.1) is 0 Å². The van der Waals surface area contributed by atoms with E-state index in [4.69, 9.17) is 65.5 Å². The van der Waals surface area contributed by atoms with Crippen LogP contribution in [-0.2, 0) is 51.9 Å². The molecule has 0 unspecified atom stereocenters. The van der Waals surface area contributed by atoms with Gasteiger partial charge in [-0.1, -0.05) is 46.7 Å². The number of hydrogen-bond donors (Lipinski definition) is 2. The highest BCUT2D eigenvalue weighted by Crippen LogP contribution is 2.38. The number of ether oxygens (including phenoxy) is 4. The monoisotopic (exact) mass is 1430 g/mol. The van der Waals surface area contributed by atoms with Crippen molar-refractivity contribution in [3.05, 3.63) is 144 Å². The maximum Gasteiger partial charge on any atom is 0.410 e. The van der Waals surface area contributed by atoms with E-state index in [1.54, 1.807) is 24.0 Å². The number of nitrogens with one attached hydrogen (secondary N) is 1. The van der Waals surface area contributed by atoms with Gasteiger partial charge in [0, 0.05) is 111 Å². The summed E-state index contributed by atoms with van der Waals surface area (Å²) in [6, 6.07) is 27.6. The van der Waals surface area contributed by atoms with Gasteiger partial charge >= 0.3 is 35.3 Å². The molecule has 0 radical (unpaired) electrons. The molecule has 10 heterocycles. The smallest absolute Gasteiger partial charge is 0.410 e. The van der Waals surface area contributed by atoms with Crippen molar-refractivity contribution in [1.29, 1.82) is 0 Å². The van der Waals surface area contributed by atoms with Crippen molar-refractivity contribution in [3.8, 4) is 56.4 Å². The van der Waals surface area contributed by atoms with Crippen LogP contribution in [0.5, 0.6) is 0 Å². The number of methoxy groups -OCH3 is 2. The Morgan fingerprint density at radius 1 is 0.590 bits per heavy atom. The number of rotatable bonds is 11. The highest BCUT2D eigenvalue weighted by atomic mass is 32.2. The van der Waals surface area contributed by atoms with Gasteiger partial charge in [0.2, 0.25) is 20.9 Å². The first-order valence-corrected chi connectivity index (χ1v) is 34.9. The van der Waals surface area contributed by atoms with Crippen LogP contribution < -0.4 is 11.1 Å². The van der Waals surface area contributed by atoms with E-state index in [0.29, 0.717) is 55.6 Å². The van der Waals surface area contributed by atoms with Gasteiger partial charge in [0.15, 0.2) is 0 Å². The number of anilines is 1. The number of likely N-dealkylation sites (tertiary alicyclic amines) is 2. The number of carbonyl (C=O) groups is 2. The number of para-hydroxylation sites is 2. The standard InChI is InChI=1S/C34H39N7O4.C24H21N5O3S.C11H22N2O3.2O2S/c1-20-17-35-32(37-27-19-40(16-15-28(27)43-7)33(42)44-34(4,5)6)38-30(20)25-18-41(23-11-9-8-10-12-23)31-24(25)13-14-26(36-31)29-21(2)39-45-22(29)3;1-14-12-25-24(33(4,30)31)27-22(14)19-13-29(17-8-6-5-7-9-17)23-18(19)10-11-20(26-23)21-15(2)28-32-16(21)3;1-11(2,3)16-10(14)13-6-5-9(15-4)8(12)7-13;2*1-3-2/h8-14,17-18,27-28H,15-16,19H2,1-7H3,(H,35,37,38);5-13H,1-4H3;8-9H,5-7,12H2,1-4H3;;/t27-,28-;;8-,9-;;/m1.1../s1. The molecule has 2 aliphatic heterocycles. The molecule has 0 saturated carbocycles. The Hall–Kier alpha value is -9.79. The van der Waals surface area contributed by atoms with Crippen molar-refractivity contribution >= 4 is 73.2 Å². The lowest BCUT2D eigenvalue weighted by Gasteiger charge is -2.38. The Bertz CT molecular complexity index is 4660. The van der Waals surface area contributed by atoms with Crippen LogP contribution in [0.1, 0.15) is 88.4 Å². The molecule has 0 aliphatic carbocycles. The van der Waals surface area contributed by atoms with Crippen molar-refractivity contribution in [2.45, 2.75) is 137 Å². The van der Waals surface area contributed by atoms with Crippen molar-refractivity contribution in [2.75, 3.05) is 52.0 Å². The van der Waals surface area contributed by atoms with Crippen LogP contribution in [-0.4, -0.2) is 179 Å². The molecule has 10 aromatic rings. The minimum absolute atomic E-state index is 0.0405. The number of aromatic nitrogens is 10. The summed E-state index contributed by atoms with van der Waals surface area (Å²) in [5, 5.41) is 13.2. The third-order valence-electron chi connectivity index (χ3n) is 16.1. The number of fused-ring (bicyclic) bond motifs is 2. The molecule has 8 aromatic heterocycles. The first-order chi connectivity index (χ1) is 47.4. The number of pyridine rings is 2. The zero-order valence-corrected chi connectivity index (χ0v) is 60.8. The van der Waals surface area contributed by atoms with Crippen LogP contribution in [0, 0.1) is 41.5 Å². The van der Waals surface area contributed by atoms with E-state index in [1.165, 1.54) is 6.20 Å². The predicted octanol–water partition coefficient (Wildman–Crippen LogP) is 10.6. The molecule has 0 bridgehead atoms. The molecule has 3 N–H and O–H groups in total. The normalized spacial score (nSPS) is 16.1. The second kappa shape index (κ2) is 32.9. The Morgan fingerprint density at radius 2 is 1.01 bits per heavy atom. The highest BCUT2D eigenvalue weighted by molar-refractivity contribution is 7.90. The molecule has 28 nitrogen and oxygen atoms in total. The zero-order chi connectivity index (χ0) is 73.0. The summed E-state index contributed by atoms with van der Waals surface area (Å²) in [5.74, 6) is 1.87. The molecular formula is C69H82N14O14S3. The fourth-order valence-electron chi connectivity index (χ4n) is 11.5. The van der Waals surface area contributed by atoms with Crippen LogP contribution in [0.15, 0.2) is 124 Å². The van der Waals surface area contributed by atoms with Crippen molar-refractivity contribution in [1.82, 2.24) is 59.2 Å². The summed E-state index contributed by atoms with van der Waals surface area (Å²) in [7, 11) is -0.223. The SMILES string of the molecule is CO[C@@H]1CCN(C(=O)OC(C)(C)C)C[C@H]1N.CO[C@@H]1CCN(C(=O)OC(C)(C)C)C[C@H]1Nc1ncc(C)c(-c2cn(-c3ccccc3)c3nc(-c4c(C)noc4C)ccc23)n1.Cc1cnc(S(C)(=O)=O)nc1-c1cn(-c2ccccc2)c2nc(-c3c(C)noc3C)ccc12.O=S=O.O=S=O. The first-order valence-electron chi connectivity index (χ1n) is 31.7. The van der Waals surface area contributed by atoms with Gasteiger partial charge in [-0.05, 0) is 156 Å². The second-order valence-electron chi connectivity index (χ2n) is 25.7. The van der Waals surface area contributed by atoms with Gasteiger partial charge in [-0.3, -0.25) is 0 Å². The zero-order valence-electron chi connectivity index (χ0n) is 58.3. The van der Waals surface area contributed by atoms with E-state index in [1.807, 2.05) is 167 Å². The number of carbonyl (C=O) groups excluding carboxylic acids is 2. The summed E-state index contributed by atoms with van der Waals surface area (Å²) >= 11 is -1.50. The van der Waals surface area contributed by atoms with Crippen LogP contribution in [0.3, 0.4) is 0 Å². The van der Waals surface area contributed by atoms with Gasteiger partial charge in [0.25, 0.3) is 0 Å². The van der Waals surface area contributed by atoms with Crippen LogP contribution in [0.2, 0.25) is 0 Å². The van der Waals surface area contributed by atoms with E-state index in [-0.39, 0.29) is 41.6 Å². The largest absolute Gasteiger partial charge is 0.444 e. The average molecular weight is 1430 g/mol. The second-order valence-corrected chi connectivity index (χ2v) is 27.9. The number of piperidine rings is 2. The van der Waals surface area contributed by atoms with Crippen molar-refractivity contribution in [3.63, 3.8) is 0 Å². The number of aryl methyl sites for hydroxylation is 6. The third-order valence-corrected chi connectivity index (χ3v) is 16.9. The summed E-state index contributed by atoms with van der Waals surface area (Å²) in [6.07, 6.45) is 9.18. The topological polar surface area (TPSA) is 357 Å². The molecule has 2 aliphatic rings. The molecule has 31 heteroatoms. The maximum atomic E-state index is 12.9. The summed E-state index contributed by atoms with van der Waals surface area (Å²) in [4.78, 5) is 56.1. The number of sulfone groups is 1. The third kappa shape index (κ3) is 18.5. The van der Waals surface area contributed by atoms with Crippen molar-refractivity contribution < 1.29 is 62.8 Å². The number of nitrogens with zero attached hydrogens (tertiary/aromatic N) is 12. The van der Waals surface area contributed by atoms with E-state index < -0.39 is 44.2 Å². The average Bonchev–Trinajstić information content (AvgIpc) is 1.60. The lowest BCUT2D eigenvalue weighted by molar-refractivity contribution is -0.00595. The molecule has 530 valence electrons. The molecule has 12 rings (SSSR count). The fraction of sp³-hybridized carbons (Fsp3) is 0.391. The molecule has 2 saturated heterocycles. The Morgan fingerprint density at radius 3 is 1.41 bits per heavy atom. The Labute approximate surface area is 586 Å². The van der Waals surface area contributed by atoms with E-state index in [2.05, 4.69) is 59.5 Å². The number of nitrogens with two attached hydrogens (primary N) is 1.